The first kappa shape index (κ1) is 11.5. The van der Waals surface area contributed by atoms with Gasteiger partial charge in [0.05, 0.1) is 11.6 Å². The number of aliphatic imine (C=N–C) groups is 1. The summed E-state index contributed by atoms with van der Waals surface area (Å²) >= 11 is 9.01. The maximum atomic E-state index is 5.53. The summed E-state index contributed by atoms with van der Waals surface area (Å²) in [4.78, 5) is 4.15. The molecule has 0 unspecified atom stereocenters. The van der Waals surface area contributed by atoms with Gasteiger partial charge in [-0.1, -0.05) is 28.9 Å². The minimum absolute atomic E-state index is 0.257. The summed E-state index contributed by atoms with van der Waals surface area (Å²) in [7, 11) is 0. The van der Waals surface area contributed by atoms with E-state index in [0.717, 1.165) is 16.6 Å². The van der Waals surface area contributed by atoms with E-state index < -0.39 is 0 Å². The number of aryl methyl sites for hydroxylation is 1. The highest BCUT2D eigenvalue weighted by atomic mass is 79.9. The van der Waals surface area contributed by atoms with Crippen molar-refractivity contribution in [3.8, 4) is 0 Å². The van der Waals surface area contributed by atoms with Crippen LogP contribution in [0.25, 0.3) is 0 Å². The van der Waals surface area contributed by atoms with Crippen molar-refractivity contribution in [3.63, 3.8) is 0 Å². The molecular weight excluding hydrogens is 263 g/mol. The maximum absolute atomic E-state index is 5.53. The van der Waals surface area contributed by atoms with E-state index in [-0.39, 0.29) is 5.88 Å². The van der Waals surface area contributed by atoms with E-state index in [2.05, 4.69) is 27.8 Å². The van der Waals surface area contributed by atoms with Gasteiger partial charge in [-0.3, -0.25) is 0 Å². The van der Waals surface area contributed by atoms with Crippen LogP contribution in [-0.4, -0.2) is 11.7 Å². The van der Waals surface area contributed by atoms with Crippen molar-refractivity contribution >= 4 is 39.1 Å². The molecule has 0 radical (unpaired) electrons. The van der Waals surface area contributed by atoms with E-state index in [0.29, 0.717) is 5.84 Å². The zero-order valence-electron chi connectivity index (χ0n) is 7.93. The SMILES string of the molecule is CCc1ccc(N=C(N)CCl)cc1Br. The highest BCUT2D eigenvalue weighted by molar-refractivity contribution is 9.10. The molecule has 0 amide bonds. The monoisotopic (exact) mass is 274 g/mol. The lowest BCUT2D eigenvalue weighted by molar-refractivity contribution is 1.13. The molecule has 14 heavy (non-hydrogen) atoms. The minimum atomic E-state index is 0.257. The van der Waals surface area contributed by atoms with E-state index >= 15 is 0 Å². The molecule has 0 atom stereocenters. The Bertz CT molecular complexity index is 350. The fourth-order valence-electron chi connectivity index (χ4n) is 1.09. The summed E-state index contributed by atoms with van der Waals surface area (Å²) in [5.41, 5.74) is 7.61. The van der Waals surface area contributed by atoms with Gasteiger partial charge in [0.2, 0.25) is 0 Å². The molecule has 0 aliphatic heterocycles. The van der Waals surface area contributed by atoms with Crippen LogP contribution in [0.4, 0.5) is 5.69 Å². The third-order valence-electron chi connectivity index (χ3n) is 1.83. The van der Waals surface area contributed by atoms with Crippen molar-refractivity contribution in [3.05, 3.63) is 28.2 Å². The molecule has 0 aliphatic carbocycles. The third kappa shape index (κ3) is 3.00. The summed E-state index contributed by atoms with van der Waals surface area (Å²) in [6.07, 6.45) is 0.996. The van der Waals surface area contributed by atoms with Crippen molar-refractivity contribution in [2.75, 3.05) is 5.88 Å². The largest absolute Gasteiger partial charge is 0.386 e. The lowest BCUT2D eigenvalue weighted by atomic mass is 10.1. The Morgan fingerprint density at radius 1 is 1.57 bits per heavy atom. The summed E-state index contributed by atoms with van der Waals surface area (Å²) < 4.78 is 1.06. The van der Waals surface area contributed by atoms with Gasteiger partial charge in [-0.15, -0.1) is 11.6 Å². The number of benzene rings is 1. The van der Waals surface area contributed by atoms with E-state index in [4.69, 9.17) is 17.3 Å². The highest BCUT2D eigenvalue weighted by Crippen LogP contribution is 2.23. The van der Waals surface area contributed by atoms with E-state index in [1.54, 1.807) is 0 Å². The predicted molar refractivity (Wildman–Crippen MR) is 65.5 cm³/mol. The molecule has 1 aromatic carbocycles. The average molecular weight is 276 g/mol. The van der Waals surface area contributed by atoms with Crippen LogP contribution in [0.3, 0.4) is 0 Å². The second kappa shape index (κ2) is 5.37. The van der Waals surface area contributed by atoms with Crippen LogP contribution in [0.5, 0.6) is 0 Å². The van der Waals surface area contributed by atoms with Gasteiger partial charge < -0.3 is 5.73 Å². The van der Waals surface area contributed by atoms with Gasteiger partial charge in [-0.05, 0) is 24.1 Å². The molecule has 0 fully saturated rings. The lowest BCUT2D eigenvalue weighted by Gasteiger charge is -2.02. The molecule has 76 valence electrons. The Kier molecular flexibility index (Phi) is 4.42. The second-order valence-corrected chi connectivity index (χ2v) is 3.99. The van der Waals surface area contributed by atoms with Gasteiger partial charge in [-0.2, -0.15) is 0 Å². The molecule has 0 saturated carbocycles. The van der Waals surface area contributed by atoms with Crippen molar-refractivity contribution < 1.29 is 0 Å². The molecule has 0 heterocycles. The normalized spacial score (nSPS) is 11.8. The number of halogens is 2. The molecule has 0 saturated heterocycles. The quantitative estimate of drug-likeness (QED) is 0.513. The van der Waals surface area contributed by atoms with Crippen LogP contribution in [-0.2, 0) is 6.42 Å². The molecule has 0 aliphatic rings. The Hall–Kier alpha value is -0.540. The zero-order chi connectivity index (χ0) is 10.6. The zero-order valence-corrected chi connectivity index (χ0v) is 10.3. The van der Waals surface area contributed by atoms with E-state index in [1.807, 2.05) is 18.2 Å². The smallest absolute Gasteiger partial charge is 0.115 e. The van der Waals surface area contributed by atoms with Gasteiger partial charge in [0.1, 0.15) is 5.84 Å². The van der Waals surface area contributed by atoms with Crippen LogP contribution in [0.15, 0.2) is 27.7 Å². The van der Waals surface area contributed by atoms with Crippen LogP contribution in [0.2, 0.25) is 0 Å². The number of hydrogen-bond acceptors (Lipinski definition) is 1. The molecule has 0 spiro atoms. The van der Waals surface area contributed by atoms with Gasteiger partial charge in [-0.25, -0.2) is 4.99 Å². The van der Waals surface area contributed by atoms with Crippen LogP contribution >= 0.6 is 27.5 Å². The summed E-state index contributed by atoms with van der Waals surface area (Å²) in [5.74, 6) is 0.690. The number of rotatable bonds is 3. The van der Waals surface area contributed by atoms with Gasteiger partial charge in [0.15, 0.2) is 0 Å². The molecule has 2 N–H and O–H groups in total. The number of hydrogen-bond donors (Lipinski definition) is 1. The van der Waals surface area contributed by atoms with Crippen LogP contribution in [0.1, 0.15) is 12.5 Å². The number of amidine groups is 1. The van der Waals surface area contributed by atoms with E-state index in [9.17, 15) is 0 Å². The average Bonchev–Trinajstić information content (AvgIpc) is 2.18. The second-order valence-electron chi connectivity index (χ2n) is 2.87. The molecule has 0 bridgehead atoms. The Morgan fingerprint density at radius 2 is 2.29 bits per heavy atom. The molecule has 1 rings (SSSR count). The fourth-order valence-corrected chi connectivity index (χ4v) is 1.80. The Morgan fingerprint density at radius 3 is 2.79 bits per heavy atom. The summed E-state index contributed by atoms with van der Waals surface area (Å²) in [5, 5.41) is 0. The van der Waals surface area contributed by atoms with Crippen molar-refractivity contribution in [2.24, 2.45) is 10.7 Å². The molecular formula is C10H12BrClN2. The third-order valence-corrected chi connectivity index (χ3v) is 2.84. The first-order valence-corrected chi connectivity index (χ1v) is 5.67. The van der Waals surface area contributed by atoms with Crippen LogP contribution in [0, 0.1) is 0 Å². The molecule has 2 nitrogen and oxygen atoms in total. The Balaban J connectivity index is 2.97. The Labute approximate surface area is 97.3 Å². The van der Waals surface area contributed by atoms with Crippen LogP contribution < -0.4 is 5.73 Å². The number of nitrogens with zero attached hydrogens (tertiary/aromatic N) is 1. The fraction of sp³-hybridized carbons (Fsp3) is 0.300. The molecule has 0 aromatic heterocycles. The lowest BCUT2D eigenvalue weighted by Crippen LogP contribution is -2.12. The van der Waals surface area contributed by atoms with Gasteiger partial charge in [0.25, 0.3) is 0 Å². The summed E-state index contributed by atoms with van der Waals surface area (Å²) in [6, 6.07) is 5.91. The van der Waals surface area contributed by atoms with E-state index in [1.165, 1.54) is 5.56 Å². The summed E-state index contributed by atoms with van der Waals surface area (Å²) in [6.45, 7) is 2.11. The first-order valence-electron chi connectivity index (χ1n) is 4.34. The van der Waals surface area contributed by atoms with Gasteiger partial charge >= 0.3 is 0 Å². The molecule has 1 aromatic rings. The predicted octanol–water partition coefficient (Wildman–Crippen LogP) is 3.24. The van der Waals surface area contributed by atoms with Crippen molar-refractivity contribution in [1.29, 1.82) is 0 Å². The standard InChI is InChI=1S/C10H12BrClN2/c1-2-7-3-4-8(5-9(7)11)14-10(13)6-12/h3-5H,2,6H2,1H3,(H2,13,14). The first-order chi connectivity index (χ1) is 6.67. The number of nitrogens with two attached hydrogens (primary N) is 1. The topological polar surface area (TPSA) is 38.4 Å². The van der Waals surface area contributed by atoms with Gasteiger partial charge in [0, 0.05) is 4.47 Å². The van der Waals surface area contributed by atoms with Crippen molar-refractivity contribution in [2.45, 2.75) is 13.3 Å². The highest BCUT2D eigenvalue weighted by Gasteiger charge is 1.99. The maximum Gasteiger partial charge on any atom is 0.115 e. The molecule has 4 heteroatoms. The minimum Gasteiger partial charge on any atom is -0.386 e. The van der Waals surface area contributed by atoms with Crippen molar-refractivity contribution in [1.82, 2.24) is 0 Å². The number of alkyl halides is 1.